The molecule has 0 aliphatic rings. The van der Waals surface area contributed by atoms with Crippen molar-refractivity contribution in [2.45, 2.75) is 13.5 Å². The van der Waals surface area contributed by atoms with Crippen molar-refractivity contribution in [2.75, 3.05) is 6.61 Å². The number of benzene rings is 2. The zero-order chi connectivity index (χ0) is 19.7. The minimum atomic E-state index is -0.415. The van der Waals surface area contributed by atoms with Crippen LogP contribution in [0.15, 0.2) is 57.4 Å². The van der Waals surface area contributed by atoms with Gasteiger partial charge < -0.3 is 14.1 Å². The molecule has 4 rings (SSSR count). The Bertz CT molecular complexity index is 1210. The Balaban J connectivity index is 1.88. The van der Waals surface area contributed by atoms with E-state index in [1.807, 2.05) is 48.5 Å². The molecule has 142 valence electrons. The van der Waals surface area contributed by atoms with Crippen molar-refractivity contribution in [1.29, 1.82) is 0 Å². The highest BCUT2D eigenvalue weighted by Crippen LogP contribution is 2.38. The van der Waals surface area contributed by atoms with Crippen LogP contribution in [0.25, 0.3) is 33.6 Å². The molecule has 0 aliphatic carbocycles. The summed E-state index contributed by atoms with van der Waals surface area (Å²) in [6, 6.07) is 16.0. The molecule has 0 unspecified atom stereocenters. The van der Waals surface area contributed by atoms with Crippen LogP contribution in [0.3, 0.4) is 0 Å². The van der Waals surface area contributed by atoms with Gasteiger partial charge in [0.1, 0.15) is 12.2 Å². The van der Waals surface area contributed by atoms with Crippen LogP contribution in [-0.2, 0) is 16.1 Å². The number of halogens is 1. The molecule has 8 heteroatoms. The molecular formula is C20H16BrN3O3S. The molecule has 6 nitrogen and oxygen atoms in total. The fraction of sp³-hybridized carbons (Fsp3) is 0.150. The van der Waals surface area contributed by atoms with Crippen molar-refractivity contribution >= 4 is 45.0 Å². The van der Waals surface area contributed by atoms with E-state index < -0.39 is 5.97 Å². The maximum Gasteiger partial charge on any atom is 0.327 e. The van der Waals surface area contributed by atoms with Gasteiger partial charge in [0.15, 0.2) is 0 Å². The number of nitrogens with zero attached hydrogens (tertiary/aromatic N) is 2. The molecular weight excluding hydrogens is 442 g/mol. The van der Waals surface area contributed by atoms with E-state index in [2.05, 4.69) is 26.0 Å². The van der Waals surface area contributed by atoms with Crippen LogP contribution in [0.2, 0.25) is 0 Å². The highest BCUT2D eigenvalue weighted by molar-refractivity contribution is 9.10. The third kappa shape index (κ3) is 3.53. The van der Waals surface area contributed by atoms with Gasteiger partial charge in [-0.3, -0.25) is 4.79 Å². The van der Waals surface area contributed by atoms with E-state index in [1.54, 1.807) is 6.92 Å². The van der Waals surface area contributed by atoms with Crippen LogP contribution < -0.4 is 0 Å². The molecule has 0 amide bonds. The number of hydrogen-bond donors (Lipinski definition) is 1. The number of carbonyl (C=O) groups excluding carboxylic acids is 1. The Hall–Kier alpha value is -2.71. The Labute approximate surface area is 174 Å². The third-order valence-electron chi connectivity index (χ3n) is 4.23. The summed E-state index contributed by atoms with van der Waals surface area (Å²) in [4.78, 5) is 15.3. The highest BCUT2D eigenvalue weighted by Gasteiger charge is 2.20. The molecule has 1 N–H and O–H groups in total. The molecule has 0 saturated carbocycles. The molecule has 0 bridgehead atoms. The monoisotopic (exact) mass is 457 g/mol. The SMILES string of the molecule is CCOC(=O)Cn1nc(-c2[nH]c3ccc(Br)cc3c2-c2ccccc2)oc1=S. The number of nitrogens with one attached hydrogen (secondary N) is 1. The minimum Gasteiger partial charge on any atom is -0.465 e. The second kappa shape index (κ2) is 7.73. The van der Waals surface area contributed by atoms with E-state index in [4.69, 9.17) is 21.4 Å². The van der Waals surface area contributed by atoms with E-state index >= 15 is 0 Å². The lowest BCUT2D eigenvalue weighted by atomic mass is 10.0. The summed E-state index contributed by atoms with van der Waals surface area (Å²) in [5.74, 6) is -0.0946. The predicted octanol–water partition coefficient (Wildman–Crippen LogP) is 5.35. The predicted molar refractivity (Wildman–Crippen MR) is 112 cm³/mol. The van der Waals surface area contributed by atoms with Crippen LogP contribution in [-0.4, -0.2) is 27.3 Å². The summed E-state index contributed by atoms with van der Waals surface area (Å²) in [6.45, 7) is 1.95. The zero-order valence-electron chi connectivity index (χ0n) is 14.9. The largest absolute Gasteiger partial charge is 0.465 e. The fourth-order valence-electron chi connectivity index (χ4n) is 3.07. The van der Waals surface area contributed by atoms with Gasteiger partial charge in [-0.25, -0.2) is 4.68 Å². The minimum absolute atomic E-state index is 0.0946. The number of carbonyl (C=O) groups is 1. The lowest BCUT2D eigenvalue weighted by molar-refractivity contribution is -0.144. The van der Waals surface area contributed by atoms with E-state index in [-0.39, 0.29) is 11.4 Å². The van der Waals surface area contributed by atoms with Crippen molar-refractivity contribution in [3.05, 3.63) is 57.8 Å². The van der Waals surface area contributed by atoms with Crippen molar-refractivity contribution in [2.24, 2.45) is 0 Å². The maximum absolute atomic E-state index is 11.8. The quantitative estimate of drug-likeness (QED) is 0.323. The lowest BCUT2D eigenvalue weighted by Crippen LogP contribution is -2.14. The molecule has 2 aromatic carbocycles. The topological polar surface area (TPSA) is 73.1 Å². The summed E-state index contributed by atoms with van der Waals surface area (Å²) < 4.78 is 13.0. The van der Waals surface area contributed by atoms with Crippen molar-refractivity contribution in [1.82, 2.24) is 14.8 Å². The summed E-state index contributed by atoms with van der Waals surface area (Å²) in [5.41, 5.74) is 3.62. The third-order valence-corrected chi connectivity index (χ3v) is 5.01. The smallest absolute Gasteiger partial charge is 0.327 e. The van der Waals surface area contributed by atoms with Crippen molar-refractivity contribution in [3.63, 3.8) is 0 Å². The summed E-state index contributed by atoms with van der Waals surface area (Å²) in [6.07, 6.45) is 0. The van der Waals surface area contributed by atoms with Gasteiger partial charge in [0.2, 0.25) is 0 Å². The van der Waals surface area contributed by atoms with E-state index in [0.717, 1.165) is 26.5 Å². The summed E-state index contributed by atoms with van der Waals surface area (Å²) >= 11 is 8.78. The molecule has 28 heavy (non-hydrogen) atoms. The maximum atomic E-state index is 11.8. The molecule has 2 heterocycles. The van der Waals surface area contributed by atoms with E-state index in [0.29, 0.717) is 18.2 Å². The van der Waals surface area contributed by atoms with Crippen LogP contribution >= 0.6 is 28.1 Å². The van der Waals surface area contributed by atoms with E-state index in [9.17, 15) is 4.79 Å². The number of esters is 1. The zero-order valence-corrected chi connectivity index (χ0v) is 17.3. The first-order valence-electron chi connectivity index (χ1n) is 8.67. The number of fused-ring (bicyclic) bond motifs is 1. The van der Waals surface area contributed by atoms with Gasteiger partial charge in [-0.1, -0.05) is 46.3 Å². The fourth-order valence-corrected chi connectivity index (χ4v) is 3.61. The van der Waals surface area contributed by atoms with Gasteiger partial charge in [-0.2, -0.15) is 0 Å². The molecule has 0 fully saturated rings. The second-order valence-electron chi connectivity index (χ2n) is 6.07. The van der Waals surface area contributed by atoms with Crippen LogP contribution in [0.1, 0.15) is 6.92 Å². The molecule has 0 spiro atoms. The second-order valence-corrected chi connectivity index (χ2v) is 7.33. The molecule has 0 atom stereocenters. The summed E-state index contributed by atoms with van der Waals surface area (Å²) in [7, 11) is 0. The molecule has 2 aromatic heterocycles. The van der Waals surface area contributed by atoms with Crippen LogP contribution in [0.5, 0.6) is 0 Å². The lowest BCUT2D eigenvalue weighted by Gasteiger charge is -2.03. The van der Waals surface area contributed by atoms with Gasteiger partial charge in [-0.05, 0) is 42.9 Å². The van der Waals surface area contributed by atoms with Crippen LogP contribution in [0.4, 0.5) is 0 Å². The Kier molecular flexibility index (Phi) is 5.15. The van der Waals surface area contributed by atoms with Crippen molar-refractivity contribution in [3.8, 4) is 22.7 Å². The summed E-state index contributed by atoms with van der Waals surface area (Å²) in [5, 5.41) is 5.43. The first kappa shape index (κ1) is 18.6. The normalized spacial score (nSPS) is 11.1. The van der Waals surface area contributed by atoms with E-state index in [1.165, 1.54) is 4.68 Å². The number of aromatic amines is 1. The number of H-pyrrole nitrogens is 1. The Morgan fingerprint density at radius 3 is 2.82 bits per heavy atom. The average molecular weight is 458 g/mol. The van der Waals surface area contributed by atoms with Gasteiger partial charge in [0, 0.05) is 20.9 Å². The van der Waals surface area contributed by atoms with Gasteiger partial charge in [0.05, 0.1) is 6.61 Å². The molecule has 0 radical (unpaired) electrons. The number of aromatic nitrogens is 3. The Morgan fingerprint density at radius 1 is 1.29 bits per heavy atom. The van der Waals surface area contributed by atoms with Gasteiger partial charge >= 0.3 is 5.97 Å². The molecule has 0 aliphatic heterocycles. The number of hydrogen-bond acceptors (Lipinski definition) is 5. The number of rotatable bonds is 5. The first-order valence-corrected chi connectivity index (χ1v) is 9.87. The highest BCUT2D eigenvalue weighted by atomic mass is 79.9. The Morgan fingerprint density at radius 2 is 2.07 bits per heavy atom. The van der Waals surface area contributed by atoms with Gasteiger partial charge in [-0.15, -0.1) is 5.10 Å². The molecule has 4 aromatic rings. The number of ether oxygens (including phenoxy) is 1. The standard InChI is InChI=1S/C20H16BrN3O3S/c1-2-26-16(25)11-24-20(28)27-19(23-24)18-17(12-6-4-3-5-7-12)14-10-13(21)8-9-15(14)22-18/h3-10,22H,2,11H2,1H3. The molecule has 0 saturated heterocycles. The first-order chi connectivity index (χ1) is 13.6. The van der Waals surface area contributed by atoms with Gasteiger partial charge in [0.25, 0.3) is 10.7 Å². The van der Waals surface area contributed by atoms with Crippen LogP contribution in [0, 0.1) is 4.84 Å². The average Bonchev–Trinajstić information content (AvgIpc) is 3.23. The van der Waals surface area contributed by atoms with Crippen molar-refractivity contribution < 1.29 is 13.9 Å².